The number of rotatable bonds is 7. The van der Waals surface area contributed by atoms with Crippen LogP contribution in [0.25, 0.3) is 5.69 Å². The first-order chi connectivity index (χ1) is 15.1. The van der Waals surface area contributed by atoms with Gasteiger partial charge in [-0.2, -0.15) is 0 Å². The quantitative estimate of drug-likeness (QED) is 0.430. The second-order valence-corrected chi connectivity index (χ2v) is 8.72. The van der Waals surface area contributed by atoms with Crippen molar-refractivity contribution in [1.29, 1.82) is 0 Å². The summed E-state index contributed by atoms with van der Waals surface area (Å²) in [5, 5.41) is 3.35. The van der Waals surface area contributed by atoms with Gasteiger partial charge in [0.05, 0.1) is 36.2 Å². The van der Waals surface area contributed by atoms with E-state index in [1.54, 1.807) is 55.2 Å². The van der Waals surface area contributed by atoms with E-state index in [-0.39, 0.29) is 17.2 Å². The number of benzene rings is 2. The monoisotopic (exact) mass is 455 g/mol. The molecule has 1 amide bonds. The van der Waals surface area contributed by atoms with Crippen molar-refractivity contribution in [3.05, 3.63) is 64.6 Å². The van der Waals surface area contributed by atoms with Gasteiger partial charge in [-0.1, -0.05) is 11.8 Å². The Morgan fingerprint density at radius 1 is 1.10 bits per heavy atom. The lowest BCUT2D eigenvalue weighted by atomic mass is 10.3. The Hall–Kier alpha value is -2.91. The van der Waals surface area contributed by atoms with Gasteiger partial charge in [-0.3, -0.25) is 14.2 Å². The number of nitrogens with zero attached hydrogens (tertiary/aromatic N) is 2. The van der Waals surface area contributed by atoms with Crippen LogP contribution >= 0.6 is 23.5 Å². The van der Waals surface area contributed by atoms with Crippen LogP contribution in [-0.4, -0.2) is 41.2 Å². The van der Waals surface area contributed by atoms with E-state index < -0.39 is 0 Å². The highest BCUT2D eigenvalue weighted by Crippen LogP contribution is 2.30. The number of ether oxygens (including phenoxy) is 2. The van der Waals surface area contributed by atoms with E-state index in [0.717, 1.165) is 23.6 Å². The van der Waals surface area contributed by atoms with E-state index in [0.29, 0.717) is 27.2 Å². The van der Waals surface area contributed by atoms with Crippen molar-refractivity contribution >= 4 is 35.1 Å². The number of aryl methyl sites for hydroxylation is 1. The molecule has 0 saturated carbocycles. The predicted octanol–water partition coefficient (Wildman–Crippen LogP) is 3.63. The fourth-order valence-electron chi connectivity index (χ4n) is 3.15. The molecule has 2 aromatic carbocycles. The number of fused-ring (bicyclic) bond motifs is 1. The summed E-state index contributed by atoms with van der Waals surface area (Å²) in [6, 6.07) is 14.3. The molecule has 0 aliphatic carbocycles. The molecular formula is C22H21N3O4S2. The molecule has 0 radical (unpaired) electrons. The van der Waals surface area contributed by atoms with Gasteiger partial charge in [-0.15, -0.1) is 11.8 Å². The van der Waals surface area contributed by atoms with Crippen LogP contribution in [0, 0.1) is 0 Å². The zero-order valence-corrected chi connectivity index (χ0v) is 18.7. The van der Waals surface area contributed by atoms with Crippen LogP contribution in [0.3, 0.4) is 0 Å². The molecule has 31 heavy (non-hydrogen) atoms. The molecule has 3 aromatic rings. The molecule has 1 N–H and O–H groups in total. The number of aromatic nitrogens is 2. The number of methoxy groups -OCH3 is 2. The second-order valence-electron chi connectivity index (χ2n) is 6.67. The van der Waals surface area contributed by atoms with Crippen molar-refractivity contribution < 1.29 is 14.3 Å². The Kier molecular flexibility index (Phi) is 6.53. The van der Waals surface area contributed by atoms with Gasteiger partial charge in [0, 0.05) is 17.9 Å². The fraction of sp³-hybridized carbons (Fsp3) is 0.227. The standard InChI is InChI=1S/C22H21N3O4S2/c1-28-16-7-3-14(4-8-16)23-19(26)13-31-22-24-18-11-12-30-20(18)21(27)25(22)15-5-9-17(29-2)10-6-15/h3-10H,11-13H2,1-2H3,(H,23,26). The highest BCUT2D eigenvalue weighted by atomic mass is 32.2. The fourth-order valence-corrected chi connectivity index (χ4v) is 5.00. The predicted molar refractivity (Wildman–Crippen MR) is 123 cm³/mol. The van der Waals surface area contributed by atoms with E-state index in [1.807, 2.05) is 12.1 Å². The molecule has 1 aliphatic rings. The minimum absolute atomic E-state index is 0.101. The smallest absolute Gasteiger partial charge is 0.272 e. The number of carbonyl (C=O) groups excluding carboxylic acids is 1. The first kappa shape index (κ1) is 21.3. The summed E-state index contributed by atoms with van der Waals surface area (Å²) in [6.07, 6.45) is 0.754. The summed E-state index contributed by atoms with van der Waals surface area (Å²) in [7, 11) is 3.19. The normalized spacial score (nSPS) is 12.3. The molecule has 0 atom stereocenters. The molecular weight excluding hydrogens is 434 g/mol. The zero-order chi connectivity index (χ0) is 21.8. The van der Waals surface area contributed by atoms with Crippen molar-refractivity contribution in [3.63, 3.8) is 0 Å². The van der Waals surface area contributed by atoms with Gasteiger partial charge in [-0.05, 0) is 48.5 Å². The van der Waals surface area contributed by atoms with Crippen molar-refractivity contribution in [2.75, 3.05) is 31.0 Å². The zero-order valence-electron chi connectivity index (χ0n) is 17.1. The van der Waals surface area contributed by atoms with Gasteiger partial charge >= 0.3 is 0 Å². The van der Waals surface area contributed by atoms with Gasteiger partial charge in [0.1, 0.15) is 11.5 Å². The summed E-state index contributed by atoms with van der Waals surface area (Å²) in [5.41, 5.74) is 2.07. The number of carbonyl (C=O) groups is 1. The molecule has 1 aromatic heterocycles. The van der Waals surface area contributed by atoms with Crippen molar-refractivity contribution in [2.45, 2.75) is 16.5 Å². The second kappa shape index (κ2) is 9.49. The van der Waals surface area contributed by atoms with Gasteiger partial charge < -0.3 is 14.8 Å². The molecule has 1 aliphatic heterocycles. The maximum Gasteiger partial charge on any atom is 0.272 e. The molecule has 0 bridgehead atoms. The average molecular weight is 456 g/mol. The van der Waals surface area contributed by atoms with Crippen molar-refractivity contribution in [2.24, 2.45) is 0 Å². The van der Waals surface area contributed by atoms with Gasteiger partial charge in [0.2, 0.25) is 5.91 Å². The third kappa shape index (κ3) is 4.72. The summed E-state index contributed by atoms with van der Waals surface area (Å²) in [5.74, 6) is 2.21. The highest BCUT2D eigenvalue weighted by molar-refractivity contribution is 8.00. The molecule has 7 nitrogen and oxygen atoms in total. The lowest BCUT2D eigenvalue weighted by Crippen LogP contribution is -2.24. The van der Waals surface area contributed by atoms with E-state index in [2.05, 4.69) is 5.32 Å². The van der Waals surface area contributed by atoms with Crippen LogP contribution < -0.4 is 20.3 Å². The maximum absolute atomic E-state index is 13.2. The van der Waals surface area contributed by atoms with Crippen LogP contribution in [0.5, 0.6) is 11.5 Å². The molecule has 160 valence electrons. The van der Waals surface area contributed by atoms with Crippen LogP contribution in [0.2, 0.25) is 0 Å². The number of hydrogen-bond donors (Lipinski definition) is 1. The topological polar surface area (TPSA) is 82.5 Å². The van der Waals surface area contributed by atoms with E-state index in [4.69, 9.17) is 14.5 Å². The van der Waals surface area contributed by atoms with Crippen molar-refractivity contribution in [3.8, 4) is 17.2 Å². The van der Waals surface area contributed by atoms with Crippen molar-refractivity contribution in [1.82, 2.24) is 9.55 Å². The number of nitrogens with one attached hydrogen (secondary N) is 1. The molecule has 9 heteroatoms. The van der Waals surface area contributed by atoms with Crippen LogP contribution in [-0.2, 0) is 11.2 Å². The Morgan fingerprint density at radius 3 is 2.39 bits per heavy atom. The van der Waals surface area contributed by atoms with E-state index >= 15 is 0 Å². The van der Waals surface area contributed by atoms with E-state index in [1.165, 1.54) is 23.5 Å². The third-order valence-corrected chi connectivity index (χ3v) is 6.75. The summed E-state index contributed by atoms with van der Waals surface area (Å²) in [6.45, 7) is 0. The van der Waals surface area contributed by atoms with Gasteiger partial charge in [0.25, 0.3) is 5.56 Å². The first-order valence-electron chi connectivity index (χ1n) is 9.59. The minimum atomic E-state index is -0.180. The van der Waals surface area contributed by atoms with Crippen LogP contribution in [0.1, 0.15) is 5.69 Å². The Labute approximate surface area is 188 Å². The van der Waals surface area contributed by atoms with Gasteiger partial charge in [-0.25, -0.2) is 4.98 Å². The SMILES string of the molecule is COc1ccc(NC(=O)CSc2nc3c(c(=O)n2-c2ccc(OC)cc2)SCC3)cc1. The van der Waals surface area contributed by atoms with Gasteiger partial charge in [0.15, 0.2) is 5.16 Å². The molecule has 0 saturated heterocycles. The van der Waals surface area contributed by atoms with E-state index in [9.17, 15) is 9.59 Å². The molecule has 2 heterocycles. The lowest BCUT2D eigenvalue weighted by molar-refractivity contribution is -0.113. The highest BCUT2D eigenvalue weighted by Gasteiger charge is 2.23. The third-order valence-electron chi connectivity index (χ3n) is 4.70. The lowest BCUT2D eigenvalue weighted by Gasteiger charge is -2.14. The molecule has 0 unspecified atom stereocenters. The summed E-state index contributed by atoms with van der Waals surface area (Å²) in [4.78, 5) is 31.1. The largest absolute Gasteiger partial charge is 0.497 e. The number of anilines is 1. The Morgan fingerprint density at radius 2 is 1.74 bits per heavy atom. The Bertz CT molecular complexity index is 1150. The Balaban J connectivity index is 1.57. The summed E-state index contributed by atoms with van der Waals surface area (Å²) < 4.78 is 11.9. The number of thioether (sulfide) groups is 2. The molecule has 4 rings (SSSR count). The molecule has 0 spiro atoms. The molecule has 0 fully saturated rings. The number of amides is 1. The van der Waals surface area contributed by atoms with Crippen LogP contribution in [0.15, 0.2) is 63.4 Å². The maximum atomic E-state index is 13.2. The number of hydrogen-bond acceptors (Lipinski definition) is 7. The summed E-state index contributed by atoms with van der Waals surface area (Å²) >= 11 is 2.77. The average Bonchev–Trinajstić information content (AvgIpc) is 3.27. The minimum Gasteiger partial charge on any atom is -0.497 e. The van der Waals surface area contributed by atoms with Crippen LogP contribution in [0.4, 0.5) is 5.69 Å². The first-order valence-corrected chi connectivity index (χ1v) is 11.6.